The van der Waals surface area contributed by atoms with E-state index in [9.17, 15) is 0 Å². The largest absolute Gasteiger partial charge is 1.00 e. The molecule has 2 nitrogen and oxygen atoms in total. The Labute approximate surface area is 176 Å². The summed E-state index contributed by atoms with van der Waals surface area (Å²) in [6.45, 7) is 1.95. The molecule has 0 N–H and O–H groups in total. The van der Waals surface area contributed by atoms with E-state index < -0.39 is 0 Å². The van der Waals surface area contributed by atoms with E-state index in [1.54, 1.807) is 12.3 Å². The first-order valence-electron chi connectivity index (χ1n) is 3.38. The predicted molar refractivity (Wildman–Crippen MR) is 41.9 cm³/mol. The van der Waals surface area contributed by atoms with E-state index in [1.165, 1.54) is 0 Å². The Morgan fingerprint density at radius 3 is 2.85 bits per heavy atom. The summed E-state index contributed by atoms with van der Waals surface area (Å²) in [5.41, 5.74) is 2.66. The topological polar surface area (TPSA) is 25.8 Å². The minimum absolute atomic E-state index is 0. The van der Waals surface area contributed by atoms with Crippen LogP contribution in [0.5, 0.6) is 0 Å². The van der Waals surface area contributed by atoms with Gasteiger partial charge in [0.25, 0.3) is 0 Å². The van der Waals surface area contributed by atoms with Crippen LogP contribution in [-0.4, -0.2) is 9.97 Å². The fourth-order valence-electron chi connectivity index (χ4n) is 0.936. The maximum Gasteiger partial charge on any atom is 1.00 e. The first kappa shape index (κ1) is 15.2. The molecule has 0 aliphatic rings. The van der Waals surface area contributed by atoms with Crippen LogP contribution in [-0.2, 0) is 0 Å². The molecule has 13 heavy (non-hydrogen) atoms. The molecule has 2 aromatic rings. The van der Waals surface area contributed by atoms with Gasteiger partial charge in [-0.3, -0.25) is 0 Å². The van der Waals surface area contributed by atoms with E-state index in [4.69, 9.17) is 0 Å². The second-order valence-corrected chi connectivity index (χ2v) is 2.37. The zero-order valence-electron chi connectivity index (χ0n) is 8.13. The van der Waals surface area contributed by atoms with E-state index in [-0.39, 0.29) is 116 Å². The van der Waals surface area contributed by atoms with Crippen LogP contribution in [0.15, 0.2) is 18.3 Å². The van der Waals surface area contributed by atoms with Crippen LogP contribution >= 0.6 is 0 Å². The SMILES string of the molecule is Cc1[c-]c2n[c-]ccc2nc1.[Rb+].[Rb+]. The van der Waals surface area contributed by atoms with E-state index in [1.807, 2.05) is 13.0 Å². The van der Waals surface area contributed by atoms with Crippen molar-refractivity contribution >= 4 is 11.0 Å². The molecule has 0 amide bonds. The minimum Gasteiger partial charge on any atom is -0.411 e. The van der Waals surface area contributed by atoms with Crippen molar-refractivity contribution in [2.75, 3.05) is 0 Å². The Morgan fingerprint density at radius 2 is 2.08 bits per heavy atom. The van der Waals surface area contributed by atoms with E-state index >= 15 is 0 Å². The third kappa shape index (κ3) is 4.27. The maximum absolute atomic E-state index is 4.17. The average molecular weight is 313 g/mol. The van der Waals surface area contributed by atoms with Gasteiger partial charge < -0.3 is 9.97 Å². The van der Waals surface area contributed by atoms with Crippen molar-refractivity contribution in [3.63, 3.8) is 0 Å². The van der Waals surface area contributed by atoms with E-state index in [0.29, 0.717) is 0 Å². The number of aromatic nitrogens is 2. The van der Waals surface area contributed by atoms with E-state index in [0.717, 1.165) is 16.6 Å². The zero-order valence-corrected chi connectivity index (χ0v) is 18.0. The molecule has 0 aromatic carbocycles. The standard InChI is InChI=1S/C9H6N2.2Rb/c1-7-5-9-8(11-6-7)3-2-4-10-9;;/h2-3,6H,1H3;;/q-2;2*+1. The van der Waals surface area contributed by atoms with Crippen molar-refractivity contribution < 1.29 is 116 Å². The summed E-state index contributed by atoms with van der Waals surface area (Å²) in [4.78, 5) is 8.17. The molecule has 2 rings (SSSR count). The van der Waals surface area contributed by atoms with Gasteiger partial charge in [-0.05, 0) is 0 Å². The Morgan fingerprint density at radius 1 is 1.31 bits per heavy atom. The van der Waals surface area contributed by atoms with Crippen molar-refractivity contribution in [1.29, 1.82) is 0 Å². The summed E-state index contributed by atoms with van der Waals surface area (Å²) in [6, 6.07) is 6.71. The van der Waals surface area contributed by atoms with Crippen LogP contribution < -0.4 is 116 Å². The molecule has 0 fully saturated rings. The van der Waals surface area contributed by atoms with Crippen molar-refractivity contribution in [2.24, 2.45) is 0 Å². The van der Waals surface area contributed by atoms with Gasteiger partial charge in [-0.1, -0.05) is 19.3 Å². The number of hydrogen-bond donors (Lipinski definition) is 0. The number of aryl methyl sites for hydroxylation is 1. The van der Waals surface area contributed by atoms with Gasteiger partial charge in [-0.25, -0.2) is 6.07 Å². The van der Waals surface area contributed by atoms with Crippen LogP contribution in [0.25, 0.3) is 11.0 Å². The fraction of sp³-hybridized carbons (Fsp3) is 0.111. The molecule has 0 bridgehead atoms. The van der Waals surface area contributed by atoms with Gasteiger partial charge >= 0.3 is 116 Å². The first-order valence-corrected chi connectivity index (χ1v) is 3.38. The molecule has 2 aromatic heterocycles. The third-order valence-corrected chi connectivity index (χ3v) is 1.45. The minimum atomic E-state index is 0. The van der Waals surface area contributed by atoms with Gasteiger partial charge in [0.2, 0.25) is 0 Å². The molecule has 0 aliphatic heterocycles. The Hall–Kier alpha value is 2.17. The monoisotopic (exact) mass is 312 g/mol. The molecule has 0 unspecified atom stereocenters. The van der Waals surface area contributed by atoms with Crippen LogP contribution in [0.4, 0.5) is 0 Å². The van der Waals surface area contributed by atoms with Crippen LogP contribution in [0, 0.1) is 19.2 Å². The normalized spacial score (nSPS) is 8.69. The van der Waals surface area contributed by atoms with Gasteiger partial charge in [0.05, 0.1) is 0 Å². The average Bonchev–Trinajstić information content (AvgIpc) is 2.04. The number of nitrogens with zero attached hydrogens (tertiary/aromatic N) is 2. The molecule has 0 atom stereocenters. The molecule has 0 spiro atoms. The van der Waals surface area contributed by atoms with Gasteiger partial charge in [-0.15, -0.1) is 11.0 Å². The Balaban J connectivity index is 0.000000720. The second kappa shape index (κ2) is 7.44. The van der Waals surface area contributed by atoms with Crippen molar-refractivity contribution in [2.45, 2.75) is 6.92 Å². The van der Waals surface area contributed by atoms with Crippen LogP contribution in [0.3, 0.4) is 0 Å². The Kier molecular flexibility index (Phi) is 8.69. The van der Waals surface area contributed by atoms with Gasteiger partial charge in [0.1, 0.15) is 0 Å². The van der Waals surface area contributed by atoms with Gasteiger partial charge in [-0.2, -0.15) is 17.7 Å². The molecule has 4 heteroatoms. The molecule has 54 valence electrons. The molecular formula is C9H6N2Rb2. The number of pyridine rings is 2. The van der Waals surface area contributed by atoms with Gasteiger partial charge in [0, 0.05) is 0 Å². The summed E-state index contributed by atoms with van der Waals surface area (Å²) in [7, 11) is 0. The van der Waals surface area contributed by atoms with E-state index in [2.05, 4.69) is 22.2 Å². The number of rotatable bonds is 0. The summed E-state index contributed by atoms with van der Waals surface area (Å²) in [5.74, 6) is 0. The third-order valence-electron chi connectivity index (χ3n) is 1.45. The molecular weight excluding hydrogens is 307 g/mol. The molecule has 0 radical (unpaired) electrons. The molecule has 0 saturated carbocycles. The smallest absolute Gasteiger partial charge is 0.411 e. The summed E-state index contributed by atoms with van der Waals surface area (Å²) in [5, 5.41) is 0. The molecule has 0 saturated heterocycles. The second-order valence-electron chi connectivity index (χ2n) is 2.37. The Bertz CT molecular complexity index is 390. The van der Waals surface area contributed by atoms with Crippen LogP contribution in [0.1, 0.15) is 5.56 Å². The summed E-state index contributed by atoms with van der Waals surface area (Å²) < 4.78 is 0. The van der Waals surface area contributed by atoms with Crippen molar-refractivity contribution in [3.05, 3.63) is 36.2 Å². The van der Waals surface area contributed by atoms with Gasteiger partial charge in [0.15, 0.2) is 0 Å². The van der Waals surface area contributed by atoms with Crippen molar-refractivity contribution in [3.8, 4) is 0 Å². The summed E-state index contributed by atoms with van der Waals surface area (Å²) >= 11 is 0. The maximum atomic E-state index is 4.17. The quantitative estimate of drug-likeness (QED) is 0.459. The summed E-state index contributed by atoms with van der Waals surface area (Å²) in [6.07, 6.45) is 4.52. The number of fused-ring (bicyclic) bond motifs is 1. The molecule has 0 aliphatic carbocycles. The fourth-order valence-corrected chi connectivity index (χ4v) is 0.936. The van der Waals surface area contributed by atoms with Crippen molar-refractivity contribution in [1.82, 2.24) is 9.97 Å². The molecule has 2 heterocycles. The first-order chi connectivity index (χ1) is 5.36. The van der Waals surface area contributed by atoms with Crippen LogP contribution in [0.2, 0.25) is 0 Å². The zero-order chi connectivity index (χ0) is 7.68. The number of hydrogen-bond acceptors (Lipinski definition) is 2. The predicted octanol–water partition coefficient (Wildman–Crippen LogP) is -4.45.